The minimum absolute atomic E-state index is 0.300. The van der Waals surface area contributed by atoms with E-state index in [1.165, 1.54) is 27.5 Å². The van der Waals surface area contributed by atoms with Crippen LogP contribution in [0, 0.1) is 0 Å². The van der Waals surface area contributed by atoms with Crippen molar-refractivity contribution in [2.45, 2.75) is 0 Å². The van der Waals surface area contributed by atoms with Crippen LogP contribution in [0.3, 0.4) is 0 Å². The monoisotopic (exact) mass is 353 g/mol. The molecular weight excluding hydrogens is 334 g/mol. The number of H-pyrrole nitrogens is 1. The summed E-state index contributed by atoms with van der Waals surface area (Å²) in [5, 5.41) is 4.86. The van der Waals surface area contributed by atoms with Crippen LogP contribution < -0.4 is 19.6 Å². The van der Waals surface area contributed by atoms with Gasteiger partial charge in [-0.15, -0.1) is 0 Å². The van der Waals surface area contributed by atoms with E-state index >= 15 is 0 Å². The highest BCUT2D eigenvalue weighted by Crippen LogP contribution is 2.37. The number of amides is 1. The number of hydrogen-bond acceptors (Lipinski definition) is 5. The van der Waals surface area contributed by atoms with Gasteiger partial charge in [0.25, 0.3) is 5.91 Å². The van der Waals surface area contributed by atoms with Crippen LogP contribution >= 0.6 is 0 Å². The van der Waals surface area contributed by atoms with Gasteiger partial charge in [-0.2, -0.15) is 5.10 Å². The Labute approximate surface area is 150 Å². The second kappa shape index (κ2) is 7.60. The molecule has 0 aliphatic heterocycles. The van der Waals surface area contributed by atoms with Gasteiger partial charge in [0.1, 0.15) is 0 Å². The molecule has 0 fully saturated rings. The Balaban J connectivity index is 1.79. The average molecular weight is 353 g/mol. The third kappa shape index (κ3) is 3.32. The molecule has 0 saturated heterocycles. The van der Waals surface area contributed by atoms with Gasteiger partial charge in [0.05, 0.1) is 33.1 Å². The predicted molar refractivity (Wildman–Crippen MR) is 99.5 cm³/mol. The van der Waals surface area contributed by atoms with Gasteiger partial charge in [-0.1, -0.05) is 18.2 Å². The molecule has 0 saturated carbocycles. The molecule has 0 atom stereocenters. The molecule has 26 heavy (non-hydrogen) atoms. The van der Waals surface area contributed by atoms with E-state index in [1.807, 2.05) is 24.3 Å². The van der Waals surface area contributed by atoms with Gasteiger partial charge in [0.15, 0.2) is 11.5 Å². The Morgan fingerprint density at radius 1 is 1.08 bits per heavy atom. The van der Waals surface area contributed by atoms with E-state index in [-0.39, 0.29) is 5.91 Å². The molecule has 7 heteroatoms. The number of nitrogens with one attached hydrogen (secondary N) is 2. The summed E-state index contributed by atoms with van der Waals surface area (Å²) in [6.07, 6.45) is 3.17. The van der Waals surface area contributed by atoms with Crippen LogP contribution in [0.5, 0.6) is 17.2 Å². The lowest BCUT2D eigenvalue weighted by molar-refractivity contribution is 0.0957. The Bertz CT molecular complexity index is 937. The van der Waals surface area contributed by atoms with Gasteiger partial charge in [-0.3, -0.25) is 4.79 Å². The topological polar surface area (TPSA) is 84.9 Å². The number of aromatic nitrogens is 1. The second-order valence-electron chi connectivity index (χ2n) is 5.41. The smallest absolute Gasteiger partial charge is 0.273 e. The first-order chi connectivity index (χ1) is 12.7. The number of hydrogen-bond donors (Lipinski definition) is 2. The largest absolute Gasteiger partial charge is 0.493 e. The maximum atomic E-state index is 12.3. The average Bonchev–Trinajstić information content (AvgIpc) is 3.11. The molecule has 0 spiro atoms. The summed E-state index contributed by atoms with van der Waals surface area (Å²) >= 11 is 0. The number of benzene rings is 2. The summed E-state index contributed by atoms with van der Waals surface area (Å²) in [7, 11) is 4.61. The number of nitrogens with zero attached hydrogens (tertiary/aromatic N) is 1. The van der Waals surface area contributed by atoms with E-state index in [1.54, 1.807) is 18.3 Å². The van der Waals surface area contributed by atoms with Crippen molar-refractivity contribution in [1.29, 1.82) is 0 Å². The molecule has 134 valence electrons. The number of carbonyl (C=O) groups is 1. The summed E-state index contributed by atoms with van der Waals surface area (Å²) in [6.45, 7) is 0. The van der Waals surface area contributed by atoms with Crippen LogP contribution in [0.2, 0.25) is 0 Å². The van der Waals surface area contributed by atoms with Crippen molar-refractivity contribution in [2.24, 2.45) is 5.10 Å². The quantitative estimate of drug-likeness (QED) is 0.527. The van der Waals surface area contributed by atoms with Gasteiger partial charge in [0, 0.05) is 22.7 Å². The SMILES string of the molecule is COc1cc(/C=N/NC(=O)c2c[nH]c3ccccc23)cc(OC)c1OC. The number of hydrazone groups is 1. The van der Waals surface area contributed by atoms with Crippen molar-refractivity contribution in [3.8, 4) is 17.2 Å². The molecule has 1 heterocycles. The molecule has 7 nitrogen and oxygen atoms in total. The lowest BCUT2D eigenvalue weighted by atomic mass is 10.2. The number of ether oxygens (including phenoxy) is 3. The fourth-order valence-electron chi connectivity index (χ4n) is 2.66. The summed E-state index contributed by atoms with van der Waals surface area (Å²) in [5.74, 6) is 1.22. The van der Waals surface area contributed by atoms with E-state index in [4.69, 9.17) is 14.2 Å². The fourth-order valence-corrected chi connectivity index (χ4v) is 2.66. The zero-order chi connectivity index (χ0) is 18.5. The number of rotatable bonds is 6. The van der Waals surface area contributed by atoms with Crippen LogP contribution in [0.4, 0.5) is 0 Å². The van der Waals surface area contributed by atoms with Crippen LogP contribution in [-0.4, -0.2) is 38.4 Å². The van der Waals surface area contributed by atoms with Crippen LogP contribution in [0.1, 0.15) is 15.9 Å². The van der Waals surface area contributed by atoms with Crippen molar-refractivity contribution in [1.82, 2.24) is 10.4 Å². The Morgan fingerprint density at radius 3 is 2.42 bits per heavy atom. The number of methoxy groups -OCH3 is 3. The van der Waals surface area contributed by atoms with Crippen molar-refractivity contribution in [2.75, 3.05) is 21.3 Å². The van der Waals surface area contributed by atoms with Gasteiger partial charge < -0.3 is 19.2 Å². The third-order valence-corrected chi connectivity index (χ3v) is 3.90. The molecule has 0 unspecified atom stereocenters. The molecule has 0 radical (unpaired) electrons. The first-order valence-electron chi connectivity index (χ1n) is 7.87. The zero-order valence-corrected chi connectivity index (χ0v) is 14.7. The normalized spacial score (nSPS) is 10.9. The van der Waals surface area contributed by atoms with Crippen LogP contribution in [-0.2, 0) is 0 Å². The summed E-state index contributed by atoms with van der Waals surface area (Å²) in [4.78, 5) is 15.4. The number of aromatic amines is 1. The number of fused-ring (bicyclic) bond motifs is 1. The van der Waals surface area contributed by atoms with Crippen molar-refractivity contribution in [3.63, 3.8) is 0 Å². The fraction of sp³-hybridized carbons (Fsp3) is 0.158. The van der Waals surface area contributed by atoms with Crippen molar-refractivity contribution < 1.29 is 19.0 Å². The summed E-state index contributed by atoms with van der Waals surface area (Å²) in [6, 6.07) is 11.1. The molecule has 3 rings (SSSR count). The van der Waals surface area contributed by atoms with E-state index < -0.39 is 0 Å². The number of para-hydroxylation sites is 1. The van der Waals surface area contributed by atoms with E-state index in [9.17, 15) is 4.79 Å². The summed E-state index contributed by atoms with van der Waals surface area (Å²) in [5.41, 5.74) is 4.65. The maximum Gasteiger partial charge on any atom is 0.273 e. The van der Waals surface area contributed by atoms with Crippen LogP contribution in [0.25, 0.3) is 10.9 Å². The first kappa shape index (κ1) is 17.3. The van der Waals surface area contributed by atoms with Gasteiger partial charge in [-0.25, -0.2) is 5.43 Å². The first-order valence-corrected chi connectivity index (χ1v) is 7.87. The predicted octanol–water partition coefficient (Wildman–Crippen LogP) is 2.96. The van der Waals surface area contributed by atoms with E-state index in [0.29, 0.717) is 28.4 Å². The minimum atomic E-state index is -0.300. The zero-order valence-electron chi connectivity index (χ0n) is 14.7. The highest BCUT2D eigenvalue weighted by atomic mass is 16.5. The van der Waals surface area contributed by atoms with Gasteiger partial charge in [0.2, 0.25) is 5.75 Å². The molecule has 0 aliphatic carbocycles. The van der Waals surface area contributed by atoms with E-state index in [2.05, 4.69) is 15.5 Å². The highest BCUT2D eigenvalue weighted by Gasteiger charge is 2.13. The van der Waals surface area contributed by atoms with Gasteiger partial charge in [-0.05, 0) is 18.2 Å². The second-order valence-corrected chi connectivity index (χ2v) is 5.41. The Hall–Kier alpha value is -3.48. The molecule has 0 bridgehead atoms. The van der Waals surface area contributed by atoms with Crippen molar-refractivity contribution >= 4 is 23.0 Å². The molecule has 2 aromatic carbocycles. The maximum absolute atomic E-state index is 12.3. The van der Waals surface area contributed by atoms with Gasteiger partial charge >= 0.3 is 0 Å². The standard InChI is InChI=1S/C19H19N3O4/c1-24-16-8-12(9-17(25-2)18(16)26-3)10-21-22-19(23)14-11-20-15-7-5-4-6-13(14)15/h4-11,20H,1-3H3,(H,22,23)/b21-10+. The molecule has 0 aliphatic rings. The molecule has 1 amide bonds. The molecule has 1 aromatic heterocycles. The lowest BCUT2D eigenvalue weighted by Gasteiger charge is -2.12. The lowest BCUT2D eigenvalue weighted by Crippen LogP contribution is -2.17. The third-order valence-electron chi connectivity index (χ3n) is 3.90. The minimum Gasteiger partial charge on any atom is -0.493 e. The van der Waals surface area contributed by atoms with Crippen LogP contribution in [0.15, 0.2) is 47.7 Å². The molecule has 2 N–H and O–H groups in total. The summed E-state index contributed by atoms with van der Waals surface area (Å²) < 4.78 is 15.9. The molecular formula is C19H19N3O4. The highest BCUT2D eigenvalue weighted by molar-refractivity contribution is 6.06. The van der Waals surface area contributed by atoms with E-state index in [0.717, 1.165) is 10.9 Å². The Morgan fingerprint density at radius 2 is 1.77 bits per heavy atom. The Kier molecular flexibility index (Phi) is 5.07. The molecule has 3 aromatic rings. The van der Waals surface area contributed by atoms with Crippen molar-refractivity contribution in [3.05, 3.63) is 53.7 Å². The number of carbonyl (C=O) groups excluding carboxylic acids is 1.